The molecule has 0 atom stereocenters. The minimum atomic E-state index is 0.0979. The molecule has 2 aromatic rings. The highest BCUT2D eigenvalue weighted by molar-refractivity contribution is 7.99. The van der Waals surface area contributed by atoms with E-state index in [1.807, 2.05) is 24.3 Å². The first-order chi connectivity index (χ1) is 12.2. The quantitative estimate of drug-likeness (QED) is 0.781. The maximum atomic E-state index is 12.1. The molecule has 1 aliphatic rings. The largest absolute Gasteiger partial charge is 0.497 e. The Morgan fingerprint density at radius 2 is 2.08 bits per heavy atom. The summed E-state index contributed by atoms with van der Waals surface area (Å²) in [7, 11) is 1.66. The molecule has 1 heterocycles. The van der Waals surface area contributed by atoms with E-state index in [1.54, 1.807) is 7.11 Å². The number of fused-ring (bicyclic) bond motifs is 1. The number of nitrogens with one attached hydrogen (secondary N) is 1. The van der Waals surface area contributed by atoms with Crippen molar-refractivity contribution in [2.45, 2.75) is 44.1 Å². The number of ether oxygens (including phenoxy) is 1. The maximum Gasteiger partial charge on any atom is 0.230 e. The summed E-state index contributed by atoms with van der Waals surface area (Å²) in [6.07, 6.45) is 6.46. The Morgan fingerprint density at radius 3 is 2.84 bits per heavy atom. The van der Waals surface area contributed by atoms with Crippen LogP contribution >= 0.6 is 11.8 Å². The number of benzene rings is 1. The van der Waals surface area contributed by atoms with Crippen molar-refractivity contribution in [3.8, 4) is 5.75 Å². The van der Waals surface area contributed by atoms with Crippen LogP contribution in [0.25, 0.3) is 10.9 Å². The van der Waals surface area contributed by atoms with E-state index in [2.05, 4.69) is 17.2 Å². The summed E-state index contributed by atoms with van der Waals surface area (Å²) in [5, 5.41) is 5.08. The van der Waals surface area contributed by atoms with Crippen LogP contribution in [0.3, 0.4) is 0 Å². The molecule has 1 aromatic carbocycles. The lowest BCUT2D eigenvalue weighted by atomic mass is 9.89. The van der Waals surface area contributed by atoms with Crippen molar-refractivity contribution < 1.29 is 9.53 Å². The van der Waals surface area contributed by atoms with Crippen molar-refractivity contribution in [3.05, 3.63) is 29.8 Å². The van der Waals surface area contributed by atoms with Gasteiger partial charge in [0.15, 0.2) is 0 Å². The third kappa shape index (κ3) is 4.88. The van der Waals surface area contributed by atoms with E-state index in [0.29, 0.717) is 11.7 Å². The van der Waals surface area contributed by atoms with Crippen LogP contribution in [0.5, 0.6) is 5.75 Å². The van der Waals surface area contributed by atoms with Gasteiger partial charge in [0.05, 0.1) is 23.4 Å². The molecule has 4 nitrogen and oxygen atoms in total. The predicted octanol–water partition coefficient (Wildman–Crippen LogP) is 4.34. The number of aryl methyl sites for hydroxylation is 1. The Labute approximate surface area is 153 Å². The average molecular weight is 359 g/mol. The average Bonchev–Trinajstić information content (AvgIpc) is 2.65. The van der Waals surface area contributed by atoms with E-state index in [4.69, 9.17) is 4.74 Å². The summed E-state index contributed by atoms with van der Waals surface area (Å²) in [6, 6.07) is 7.97. The fraction of sp³-hybridized carbons (Fsp3) is 0.500. The number of carbonyl (C=O) groups excluding carboxylic acids is 1. The van der Waals surface area contributed by atoms with Gasteiger partial charge in [-0.25, -0.2) is 4.98 Å². The summed E-state index contributed by atoms with van der Waals surface area (Å²) in [5.74, 6) is 1.97. The molecule has 5 heteroatoms. The number of hydrogen-bond donors (Lipinski definition) is 1. The van der Waals surface area contributed by atoms with Crippen LogP contribution in [-0.4, -0.2) is 30.3 Å². The summed E-state index contributed by atoms with van der Waals surface area (Å²) in [4.78, 5) is 16.8. The monoisotopic (exact) mass is 358 g/mol. The number of rotatable bonds is 6. The van der Waals surface area contributed by atoms with Crippen LogP contribution in [0, 0.1) is 12.8 Å². The smallest absolute Gasteiger partial charge is 0.230 e. The highest BCUT2D eigenvalue weighted by atomic mass is 32.2. The Morgan fingerprint density at radius 1 is 1.28 bits per heavy atom. The molecule has 134 valence electrons. The molecule has 1 aliphatic carbocycles. The molecule has 3 rings (SSSR count). The van der Waals surface area contributed by atoms with Gasteiger partial charge in [0.25, 0.3) is 0 Å². The molecule has 1 saturated carbocycles. The minimum Gasteiger partial charge on any atom is -0.497 e. The fourth-order valence-corrected chi connectivity index (χ4v) is 4.20. The van der Waals surface area contributed by atoms with Crippen LogP contribution in [0.2, 0.25) is 0 Å². The Balaban J connectivity index is 1.57. The van der Waals surface area contributed by atoms with E-state index < -0.39 is 0 Å². The number of hydrogen-bond acceptors (Lipinski definition) is 4. The number of aromatic nitrogens is 1. The van der Waals surface area contributed by atoms with E-state index in [9.17, 15) is 4.79 Å². The van der Waals surface area contributed by atoms with Crippen LogP contribution in [0.4, 0.5) is 0 Å². The van der Waals surface area contributed by atoms with Gasteiger partial charge in [-0.3, -0.25) is 4.79 Å². The molecule has 0 unspecified atom stereocenters. The fourth-order valence-electron chi connectivity index (χ4n) is 3.39. The standard InChI is InChI=1S/C20H26N2O2S/c1-14-10-20(22-18-11-16(24-2)8-9-17(14)18)25-13-19(23)21-12-15-6-4-3-5-7-15/h8-11,15H,3-7,12-13H2,1-2H3,(H,21,23). The lowest BCUT2D eigenvalue weighted by Gasteiger charge is -2.21. The lowest BCUT2D eigenvalue weighted by molar-refractivity contribution is -0.118. The zero-order valence-electron chi connectivity index (χ0n) is 15.0. The number of amides is 1. The molecule has 0 bridgehead atoms. The summed E-state index contributed by atoms with van der Waals surface area (Å²) in [6.45, 7) is 2.89. The van der Waals surface area contributed by atoms with Gasteiger partial charge in [-0.2, -0.15) is 0 Å². The van der Waals surface area contributed by atoms with Crippen molar-refractivity contribution in [1.82, 2.24) is 10.3 Å². The molecule has 1 aromatic heterocycles. The Bertz CT molecular complexity index is 742. The van der Waals surface area contributed by atoms with E-state index in [1.165, 1.54) is 43.9 Å². The van der Waals surface area contributed by atoms with Gasteiger partial charge in [0.2, 0.25) is 5.91 Å². The molecule has 1 amide bonds. The molecule has 25 heavy (non-hydrogen) atoms. The minimum absolute atomic E-state index is 0.0979. The summed E-state index contributed by atoms with van der Waals surface area (Å²) >= 11 is 1.49. The lowest BCUT2D eigenvalue weighted by Crippen LogP contribution is -2.31. The molecule has 1 fully saturated rings. The first-order valence-electron chi connectivity index (χ1n) is 9.00. The number of thioether (sulfide) groups is 1. The second-order valence-electron chi connectivity index (χ2n) is 6.76. The molecular weight excluding hydrogens is 332 g/mol. The number of pyridine rings is 1. The highest BCUT2D eigenvalue weighted by Crippen LogP contribution is 2.27. The van der Waals surface area contributed by atoms with Crippen LogP contribution < -0.4 is 10.1 Å². The van der Waals surface area contributed by atoms with Gasteiger partial charge in [-0.05, 0) is 49.4 Å². The topological polar surface area (TPSA) is 51.2 Å². The molecular formula is C20H26N2O2S. The maximum absolute atomic E-state index is 12.1. The van der Waals surface area contributed by atoms with Crippen molar-refractivity contribution >= 4 is 28.6 Å². The number of carbonyl (C=O) groups is 1. The predicted molar refractivity (Wildman–Crippen MR) is 103 cm³/mol. The van der Waals surface area contributed by atoms with E-state index in [0.717, 1.165) is 33.8 Å². The zero-order chi connectivity index (χ0) is 17.6. The molecule has 0 spiro atoms. The van der Waals surface area contributed by atoms with E-state index in [-0.39, 0.29) is 5.91 Å². The SMILES string of the molecule is COc1ccc2c(C)cc(SCC(=O)NCC3CCCCC3)nc2c1. The van der Waals surface area contributed by atoms with Gasteiger partial charge in [-0.15, -0.1) is 0 Å². The van der Waals surface area contributed by atoms with Gasteiger partial charge in [0, 0.05) is 18.0 Å². The van der Waals surface area contributed by atoms with Gasteiger partial charge in [-0.1, -0.05) is 31.0 Å². The van der Waals surface area contributed by atoms with Crippen molar-refractivity contribution in [3.63, 3.8) is 0 Å². The van der Waals surface area contributed by atoms with Gasteiger partial charge >= 0.3 is 0 Å². The first-order valence-corrected chi connectivity index (χ1v) is 9.99. The third-order valence-corrected chi connectivity index (χ3v) is 5.78. The van der Waals surface area contributed by atoms with Crippen molar-refractivity contribution in [1.29, 1.82) is 0 Å². The normalized spacial score (nSPS) is 15.3. The molecule has 0 aliphatic heterocycles. The third-order valence-electron chi connectivity index (χ3n) is 4.86. The Kier molecular flexibility index (Phi) is 6.19. The second-order valence-corrected chi connectivity index (χ2v) is 7.75. The molecule has 0 saturated heterocycles. The van der Waals surface area contributed by atoms with Crippen LogP contribution in [0.15, 0.2) is 29.3 Å². The Hall–Kier alpha value is -1.75. The van der Waals surface area contributed by atoms with Gasteiger partial charge in [0.1, 0.15) is 5.75 Å². The molecule has 1 N–H and O–H groups in total. The first kappa shape index (κ1) is 18.1. The van der Waals surface area contributed by atoms with Gasteiger partial charge < -0.3 is 10.1 Å². The zero-order valence-corrected chi connectivity index (χ0v) is 15.8. The van der Waals surface area contributed by atoms with E-state index >= 15 is 0 Å². The number of nitrogens with zero attached hydrogens (tertiary/aromatic N) is 1. The van der Waals surface area contributed by atoms with Crippen molar-refractivity contribution in [2.24, 2.45) is 5.92 Å². The van der Waals surface area contributed by atoms with Crippen molar-refractivity contribution in [2.75, 3.05) is 19.4 Å². The van der Waals surface area contributed by atoms with Crippen LogP contribution in [-0.2, 0) is 4.79 Å². The number of methoxy groups -OCH3 is 1. The second kappa shape index (κ2) is 8.56. The summed E-state index contributed by atoms with van der Waals surface area (Å²) < 4.78 is 5.28. The summed E-state index contributed by atoms with van der Waals surface area (Å²) in [5.41, 5.74) is 2.07. The van der Waals surface area contributed by atoms with Crippen LogP contribution in [0.1, 0.15) is 37.7 Å². The molecule has 0 radical (unpaired) electrons. The highest BCUT2D eigenvalue weighted by Gasteiger charge is 2.14.